The van der Waals surface area contributed by atoms with E-state index in [4.69, 9.17) is 9.47 Å². The number of thiazole rings is 1. The molecule has 0 aliphatic carbocycles. The zero-order chi connectivity index (χ0) is 15.2. The van der Waals surface area contributed by atoms with Crippen molar-refractivity contribution in [1.82, 2.24) is 4.98 Å². The monoisotopic (exact) mass is 300 g/mol. The molecule has 0 bridgehead atoms. The van der Waals surface area contributed by atoms with E-state index < -0.39 is 0 Å². The molecule has 108 valence electrons. The Morgan fingerprint density at radius 1 is 1.43 bits per heavy atom. The highest BCUT2D eigenvalue weighted by molar-refractivity contribution is 7.11. The number of methoxy groups -OCH3 is 1. The van der Waals surface area contributed by atoms with Gasteiger partial charge in [-0.25, -0.2) is 4.98 Å². The highest BCUT2D eigenvalue weighted by Gasteiger charge is 2.08. The van der Waals surface area contributed by atoms with E-state index in [9.17, 15) is 5.26 Å². The number of aromatic nitrogens is 1. The summed E-state index contributed by atoms with van der Waals surface area (Å²) in [7, 11) is 1.60. The quantitative estimate of drug-likeness (QED) is 0.785. The van der Waals surface area contributed by atoms with Gasteiger partial charge in [0.15, 0.2) is 11.5 Å². The first-order chi connectivity index (χ1) is 10.2. The SMILES string of the molecule is CCOc1cc(C=C(C#N)c2nc(C)cs2)ccc1OC. The Morgan fingerprint density at radius 2 is 2.24 bits per heavy atom. The summed E-state index contributed by atoms with van der Waals surface area (Å²) in [5.41, 5.74) is 2.34. The molecule has 0 atom stereocenters. The van der Waals surface area contributed by atoms with Crippen LogP contribution in [0.1, 0.15) is 23.2 Å². The van der Waals surface area contributed by atoms with Gasteiger partial charge in [-0.3, -0.25) is 0 Å². The zero-order valence-electron chi connectivity index (χ0n) is 12.2. The molecular formula is C16H16N2O2S. The summed E-state index contributed by atoms with van der Waals surface area (Å²) < 4.78 is 10.8. The number of rotatable bonds is 5. The first-order valence-electron chi connectivity index (χ1n) is 6.53. The first-order valence-corrected chi connectivity index (χ1v) is 7.41. The molecule has 0 amide bonds. The van der Waals surface area contributed by atoms with Gasteiger partial charge >= 0.3 is 0 Å². The molecule has 0 fully saturated rings. The van der Waals surface area contributed by atoms with Gasteiger partial charge in [-0.05, 0) is 37.6 Å². The van der Waals surface area contributed by atoms with E-state index in [1.807, 2.05) is 37.4 Å². The minimum Gasteiger partial charge on any atom is -0.493 e. The molecule has 4 nitrogen and oxygen atoms in total. The molecule has 0 spiro atoms. The number of benzene rings is 1. The largest absolute Gasteiger partial charge is 0.493 e. The predicted molar refractivity (Wildman–Crippen MR) is 84.5 cm³/mol. The van der Waals surface area contributed by atoms with Crippen molar-refractivity contribution in [2.75, 3.05) is 13.7 Å². The maximum absolute atomic E-state index is 9.32. The van der Waals surface area contributed by atoms with Crippen molar-refractivity contribution >= 4 is 23.0 Å². The second-order valence-corrected chi connectivity index (χ2v) is 5.17. The van der Waals surface area contributed by atoms with Gasteiger partial charge in [0.1, 0.15) is 11.1 Å². The molecule has 0 N–H and O–H groups in total. The van der Waals surface area contributed by atoms with Crippen LogP contribution in [0.2, 0.25) is 0 Å². The van der Waals surface area contributed by atoms with Crippen LogP contribution in [0.5, 0.6) is 11.5 Å². The second-order valence-electron chi connectivity index (χ2n) is 4.31. The van der Waals surface area contributed by atoms with Crippen molar-refractivity contribution < 1.29 is 9.47 Å². The van der Waals surface area contributed by atoms with Crippen molar-refractivity contribution in [1.29, 1.82) is 5.26 Å². The summed E-state index contributed by atoms with van der Waals surface area (Å²) in [6.45, 7) is 4.39. The highest BCUT2D eigenvalue weighted by atomic mass is 32.1. The van der Waals surface area contributed by atoms with E-state index in [1.165, 1.54) is 11.3 Å². The highest BCUT2D eigenvalue weighted by Crippen LogP contribution is 2.30. The van der Waals surface area contributed by atoms with Crippen LogP contribution in [0, 0.1) is 18.3 Å². The normalized spacial score (nSPS) is 11.0. The van der Waals surface area contributed by atoms with Crippen molar-refractivity contribution in [2.45, 2.75) is 13.8 Å². The third kappa shape index (κ3) is 3.61. The molecule has 2 aromatic rings. The van der Waals surface area contributed by atoms with Gasteiger partial charge in [0.05, 0.1) is 19.3 Å². The Morgan fingerprint density at radius 3 is 2.81 bits per heavy atom. The lowest BCUT2D eigenvalue weighted by Gasteiger charge is -2.09. The van der Waals surface area contributed by atoms with Crippen molar-refractivity contribution in [3.63, 3.8) is 0 Å². The average molecular weight is 300 g/mol. The summed E-state index contributed by atoms with van der Waals surface area (Å²) in [6.07, 6.45) is 1.81. The zero-order valence-corrected chi connectivity index (χ0v) is 13.0. The Bertz CT molecular complexity index is 699. The number of allylic oxidation sites excluding steroid dienone is 1. The molecule has 0 radical (unpaired) electrons. The number of aryl methyl sites for hydroxylation is 1. The summed E-state index contributed by atoms with van der Waals surface area (Å²) in [5, 5.41) is 12.0. The molecular weight excluding hydrogens is 284 g/mol. The Labute approximate surface area is 128 Å². The molecule has 0 unspecified atom stereocenters. The molecule has 5 heteroatoms. The lowest BCUT2D eigenvalue weighted by atomic mass is 10.1. The van der Waals surface area contributed by atoms with Crippen molar-refractivity contribution in [2.24, 2.45) is 0 Å². The number of hydrogen-bond acceptors (Lipinski definition) is 5. The van der Waals surface area contributed by atoms with E-state index in [2.05, 4.69) is 11.1 Å². The number of ether oxygens (including phenoxy) is 2. The summed E-state index contributed by atoms with van der Waals surface area (Å²) in [6, 6.07) is 7.78. The van der Waals surface area contributed by atoms with Gasteiger partial charge in [-0.15, -0.1) is 11.3 Å². The first kappa shape index (κ1) is 15.1. The van der Waals surface area contributed by atoms with Crippen LogP contribution in [-0.2, 0) is 0 Å². The fraction of sp³-hybridized carbons (Fsp3) is 0.250. The molecule has 0 aliphatic heterocycles. The summed E-state index contributed by atoms with van der Waals surface area (Å²) in [5.74, 6) is 1.35. The Kier molecular flexibility index (Phi) is 4.96. The van der Waals surface area contributed by atoms with Crippen LogP contribution in [0.4, 0.5) is 0 Å². The fourth-order valence-electron chi connectivity index (χ4n) is 1.84. The van der Waals surface area contributed by atoms with Gasteiger partial charge in [0, 0.05) is 11.1 Å². The van der Waals surface area contributed by atoms with Gasteiger partial charge in [0.2, 0.25) is 0 Å². The number of nitrogens with zero attached hydrogens (tertiary/aromatic N) is 2. The topological polar surface area (TPSA) is 55.1 Å². The standard InChI is InChI=1S/C16H16N2O2S/c1-4-20-15-8-12(5-6-14(15)19-3)7-13(9-17)16-18-11(2)10-21-16/h5-8,10H,4H2,1-3H3. The van der Waals surface area contributed by atoms with Gasteiger partial charge < -0.3 is 9.47 Å². The van der Waals surface area contributed by atoms with E-state index in [1.54, 1.807) is 13.2 Å². The molecule has 2 rings (SSSR count). The second kappa shape index (κ2) is 6.91. The Hall–Kier alpha value is -2.32. The average Bonchev–Trinajstić information content (AvgIpc) is 2.92. The van der Waals surface area contributed by atoms with E-state index in [-0.39, 0.29) is 0 Å². The maximum Gasteiger partial charge on any atom is 0.161 e. The van der Waals surface area contributed by atoms with Gasteiger partial charge in [-0.2, -0.15) is 5.26 Å². The van der Waals surface area contributed by atoms with Crippen LogP contribution in [0.3, 0.4) is 0 Å². The van der Waals surface area contributed by atoms with Gasteiger partial charge in [-0.1, -0.05) is 6.07 Å². The van der Waals surface area contributed by atoms with Gasteiger partial charge in [0.25, 0.3) is 0 Å². The van der Waals surface area contributed by atoms with Crippen LogP contribution >= 0.6 is 11.3 Å². The minimum absolute atomic E-state index is 0.542. The third-order valence-electron chi connectivity index (χ3n) is 2.77. The maximum atomic E-state index is 9.32. The lowest BCUT2D eigenvalue weighted by molar-refractivity contribution is 0.311. The molecule has 0 saturated heterocycles. The lowest BCUT2D eigenvalue weighted by Crippen LogP contribution is -1.95. The van der Waals surface area contributed by atoms with Crippen LogP contribution in [-0.4, -0.2) is 18.7 Å². The molecule has 21 heavy (non-hydrogen) atoms. The fourth-order valence-corrected chi connectivity index (χ4v) is 2.60. The van der Waals surface area contributed by atoms with E-state index >= 15 is 0 Å². The van der Waals surface area contributed by atoms with Crippen LogP contribution in [0.15, 0.2) is 23.6 Å². The smallest absolute Gasteiger partial charge is 0.161 e. The Balaban J connectivity index is 2.39. The molecule has 0 aliphatic rings. The van der Waals surface area contributed by atoms with Crippen molar-refractivity contribution in [3.05, 3.63) is 39.8 Å². The predicted octanol–water partition coefficient (Wildman–Crippen LogP) is 3.92. The van der Waals surface area contributed by atoms with Crippen LogP contribution in [0.25, 0.3) is 11.6 Å². The molecule has 0 saturated carbocycles. The summed E-state index contributed by atoms with van der Waals surface area (Å²) >= 11 is 1.47. The minimum atomic E-state index is 0.542. The van der Waals surface area contributed by atoms with Crippen molar-refractivity contribution in [3.8, 4) is 17.6 Å². The van der Waals surface area contributed by atoms with E-state index in [0.29, 0.717) is 23.7 Å². The number of hydrogen-bond donors (Lipinski definition) is 0. The van der Waals surface area contributed by atoms with E-state index in [0.717, 1.165) is 16.3 Å². The van der Waals surface area contributed by atoms with Crippen LogP contribution < -0.4 is 9.47 Å². The molecule has 1 heterocycles. The molecule has 1 aromatic heterocycles. The summed E-state index contributed by atoms with van der Waals surface area (Å²) in [4.78, 5) is 4.34. The molecule has 1 aromatic carbocycles. The third-order valence-corrected chi connectivity index (χ3v) is 3.76. The number of nitriles is 1.